The number of likely N-dealkylation sites (tertiary alicyclic amines) is 1. The maximum atomic E-state index is 4.36. The number of likely N-dealkylation sites (N-methyl/N-ethyl adjacent to an activating group) is 2. The summed E-state index contributed by atoms with van der Waals surface area (Å²) in [5, 5.41) is 9.02. The van der Waals surface area contributed by atoms with Crippen LogP contribution >= 0.6 is 0 Å². The van der Waals surface area contributed by atoms with E-state index in [2.05, 4.69) is 77.3 Å². The van der Waals surface area contributed by atoms with Crippen molar-refractivity contribution in [3.05, 3.63) is 67.5 Å². The molecule has 0 amide bonds. The molecule has 3 N–H and O–H groups in total. The summed E-state index contributed by atoms with van der Waals surface area (Å²) in [6.45, 7) is 23.0. The quantitative estimate of drug-likeness (QED) is 0.248. The summed E-state index contributed by atoms with van der Waals surface area (Å²) in [6.07, 6.45) is 13.4. The van der Waals surface area contributed by atoms with Gasteiger partial charge in [-0.3, -0.25) is 0 Å². The summed E-state index contributed by atoms with van der Waals surface area (Å²) in [5.41, 5.74) is 4.12. The first-order valence-corrected chi connectivity index (χ1v) is 12.4. The summed E-state index contributed by atoms with van der Waals surface area (Å²) in [7, 11) is 5.86. The van der Waals surface area contributed by atoms with Gasteiger partial charge < -0.3 is 25.4 Å². The van der Waals surface area contributed by atoms with Gasteiger partial charge in [-0.2, -0.15) is 0 Å². The minimum Gasteiger partial charge on any atom is -0.390 e. The maximum absolute atomic E-state index is 4.36. The van der Waals surface area contributed by atoms with Gasteiger partial charge in [0.15, 0.2) is 0 Å². The summed E-state index contributed by atoms with van der Waals surface area (Å²) < 4.78 is 1.97. The molecule has 0 atom stereocenters. The molecule has 2 rings (SSSR count). The van der Waals surface area contributed by atoms with Crippen molar-refractivity contribution in [2.75, 3.05) is 46.8 Å². The first kappa shape index (κ1) is 32.0. The molecule has 0 radical (unpaired) electrons. The van der Waals surface area contributed by atoms with Crippen molar-refractivity contribution < 1.29 is 0 Å². The highest BCUT2D eigenvalue weighted by Crippen LogP contribution is 2.27. The van der Waals surface area contributed by atoms with E-state index in [1.54, 1.807) is 12.5 Å². The molecule has 1 aromatic rings. The molecule has 2 heterocycles. The van der Waals surface area contributed by atoms with Gasteiger partial charge in [0.1, 0.15) is 5.69 Å². The molecule has 35 heavy (non-hydrogen) atoms. The van der Waals surface area contributed by atoms with E-state index in [1.165, 1.54) is 0 Å². The Balaban J connectivity index is 0.000000541. The molecule has 1 aromatic heterocycles. The fourth-order valence-electron chi connectivity index (χ4n) is 3.18. The number of aromatic nitrogens is 2. The van der Waals surface area contributed by atoms with Gasteiger partial charge >= 0.3 is 0 Å². The Labute approximate surface area is 215 Å². The lowest BCUT2D eigenvalue weighted by atomic mass is 10.0. The molecule has 0 saturated carbocycles. The molecular formula is C29H48N6. The van der Waals surface area contributed by atoms with Crippen LogP contribution in [0.4, 0.5) is 0 Å². The lowest BCUT2D eigenvalue weighted by molar-refractivity contribution is 0.191. The van der Waals surface area contributed by atoms with Gasteiger partial charge in [-0.1, -0.05) is 63.7 Å². The number of aryl methyl sites for hydroxylation is 1. The smallest absolute Gasteiger partial charge is 0.111 e. The Morgan fingerprint density at radius 2 is 1.86 bits per heavy atom. The third-order valence-electron chi connectivity index (χ3n) is 5.06. The van der Waals surface area contributed by atoms with Crippen LogP contribution in [-0.2, 0) is 7.05 Å². The Morgan fingerprint density at radius 3 is 2.34 bits per heavy atom. The van der Waals surface area contributed by atoms with Gasteiger partial charge in [0.2, 0.25) is 0 Å². The fraction of sp³-hybridized carbons (Fsp3) is 0.483. The minimum atomic E-state index is 0.776. The zero-order valence-electron chi connectivity index (χ0n) is 23.0. The second-order valence-corrected chi connectivity index (χ2v) is 8.24. The van der Waals surface area contributed by atoms with Gasteiger partial charge in [0.25, 0.3) is 0 Å². The lowest BCUT2D eigenvalue weighted by Crippen LogP contribution is -2.43. The Hall–Kier alpha value is -3.01. The molecule has 1 fully saturated rings. The van der Waals surface area contributed by atoms with Crippen LogP contribution in [0.2, 0.25) is 0 Å². The van der Waals surface area contributed by atoms with Crippen LogP contribution in [0.1, 0.15) is 45.0 Å². The van der Waals surface area contributed by atoms with E-state index in [-0.39, 0.29) is 0 Å². The lowest BCUT2D eigenvalue weighted by Gasteiger charge is -2.40. The predicted octanol–water partition coefficient (Wildman–Crippen LogP) is 4.44. The molecule has 0 aromatic carbocycles. The second-order valence-electron chi connectivity index (χ2n) is 8.24. The van der Waals surface area contributed by atoms with Crippen molar-refractivity contribution >= 4 is 11.8 Å². The highest BCUT2D eigenvalue weighted by atomic mass is 15.2. The zero-order valence-corrected chi connectivity index (χ0v) is 23.0. The molecule has 6 heteroatoms. The van der Waals surface area contributed by atoms with Crippen LogP contribution in [-0.4, -0.2) is 61.3 Å². The third kappa shape index (κ3) is 13.5. The zero-order chi connectivity index (χ0) is 26.5. The van der Waals surface area contributed by atoms with E-state index in [4.69, 9.17) is 0 Å². The molecule has 0 aliphatic carbocycles. The van der Waals surface area contributed by atoms with Gasteiger partial charge in [-0.25, -0.2) is 4.98 Å². The van der Waals surface area contributed by atoms with Crippen LogP contribution in [0, 0.1) is 17.8 Å². The van der Waals surface area contributed by atoms with E-state index in [0.717, 1.165) is 74.1 Å². The van der Waals surface area contributed by atoms with Crippen molar-refractivity contribution in [1.82, 2.24) is 30.4 Å². The monoisotopic (exact) mass is 480 g/mol. The number of hydrogen-bond acceptors (Lipinski definition) is 5. The van der Waals surface area contributed by atoms with Crippen molar-refractivity contribution in [1.29, 1.82) is 0 Å². The maximum Gasteiger partial charge on any atom is 0.111 e. The molecule has 0 unspecified atom stereocenters. The predicted molar refractivity (Wildman–Crippen MR) is 155 cm³/mol. The molecule has 0 bridgehead atoms. The average Bonchev–Trinajstić information content (AvgIpc) is 3.21. The van der Waals surface area contributed by atoms with Crippen LogP contribution in [0.15, 0.2) is 56.1 Å². The largest absolute Gasteiger partial charge is 0.390 e. The van der Waals surface area contributed by atoms with Crippen LogP contribution in [0.5, 0.6) is 0 Å². The Bertz CT molecular complexity index is 855. The molecule has 1 aliphatic heterocycles. The summed E-state index contributed by atoms with van der Waals surface area (Å²) in [6, 6.07) is 0. The Kier molecular flexibility index (Phi) is 18.6. The molecule has 6 nitrogen and oxygen atoms in total. The highest BCUT2D eigenvalue weighted by Gasteiger charge is 2.26. The van der Waals surface area contributed by atoms with E-state index < -0.39 is 0 Å². The SMILES string of the molecule is C=CNCCC#CC(/C=C\C)=C/CC.C=Cc1c(C(=C)N2CC(C)C2)ncn1C.CNCCNC. The van der Waals surface area contributed by atoms with E-state index in [9.17, 15) is 0 Å². The summed E-state index contributed by atoms with van der Waals surface area (Å²) in [4.78, 5) is 6.63. The van der Waals surface area contributed by atoms with Crippen LogP contribution in [0.25, 0.3) is 11.8 Å². The van der Waals surface area contributed by atoms with Crippen molar-refractivity contribution in [3.8, 4) is 11.8 Å². The summed E-state index contributed by atoms with van der Waals surface area (Å²) in [5.74, 6) is 7.02. The first-order valence-electron chi connectivity index (χ1n) is 12.4. The molecule has 1 saturated heterocycles. The van der Waals surface area contributed by atoms with E-state index in [0.29, 0.717) is 0 Å². The van der Waals surface area contributed by atoms with E-state index >= 15 is 0 Å². The highest BCUT2D eigenvalue weighted by molar-refractivity contribution is 5.67. The number of allylic oxidation sites excluding steroid dienone is 4. The first-order chi connectivity index (χ1) is 16.9. The van der Waals surface area contributed by atoms with Gasteiger partial charge in [-0.05, 0) is 45.6 Å². The van der Waals surface area contributed by atoms with Crippen LogP contribution in [0.3, 0.4) is 0 Å². The average molecular weight is 481 g/mol. The minimum absolute atomic E-state index is 0.776. The molecular weight excluding hydrogens is 432 g/mol. The standard InChI is InChI=1S/C13H19N.C12H17N3.C4H12N2/c1-4-9-13(10-5-2)11-7-8-12-14-6-3;1-5-11-12(13-8-14(11)4)10(3)15-6-9(2)7-15;1-5-3-4-6-2/h4,6,9-10,14H,3,5,8,12H2,1-2H3;5,8-9H,1,3,6-7H2,2,4H3;5-6H,3-4H2,1-2H3/b9-4-,13-10+;;. The van der Waals surface area contributed by atoms with Gasteiger partial charge in [0, 0.05) is 51.8 Å². The summed E-state index contributed by atoms with van der Waals surface area (Å²) >= 11 is 0. The number of rotatable bonds is 11. The van der Waals surface area contributed by atoms with Crippen molar-refractivity contribution in [3.63, 3.8) is 0 Å². The Morgan fingerprint density at radius 1 is 1.20 bits per heavy atom. The second kappa shape index (κ2) is 20.4. The molecule has 194 valence electrons. The molecule has 1 aliphatic rings. The fourth-order valence-corrected chi connectivity index (χ4v) is 3.18. The van der Waals surface area contributed by atoms with Crippen LogP contribution < -0.4 is 16.0 Å². The van der Waals surface area contributed by atoms with E-state index in [1.807, 2.05) is 50.9 Å². The molecule has 0 spiro atoms. The van der Waals surface area contributed by atoms with Gasteiger partial charge in [0.05, 0.1) is 17.7 Å². The van der Waals surface area contributed by atoms with Crippen molar-refractivity contribution in [2.45, 2.75) is 33.6 Å². The number of nitrogens with one attached hydrogen (secondary N) is 3. The third-order valence-corrected chi connectivity index (χ3v) is 5.06. The van der Waals surface area contributed by atoms with Gasteiger partial charge in [-0.15, -0.1) is 0 Å². The normalized spacial score (nSPS) is 12.9. The topological polar surface area (TPSA) is 57.2 Å². The number of hydrogen-bond donors (Lipinski definition) is 3. The van der Waals surface area contributed by atoms with Crippen molar-refractivity contribution in [2.24, 2.45) is 13.0 Å². The number of imidazole rings is 1. The number of nitrogens with zero attached hydrogens (tertiary/aromatic N) is 3.